The number of sulfonamides is 1. The quantitative estimate of drug-likeness (QED) is 0.255. The molecule has 4 N–H and O–H groups in total. The molecule has 0 radical (unpaired) electrons. The fourth-order valence-electron chi connectivity index (χ4n) is 3.87. The fourth-order valence-corrected chi connectivity index (χ4v) is 5.96. The van der Waals surface area contributed by atoms with Gasteiger partial charge in [-0.15, -0.1) is 12.3 Å². The lowest BCUT2D eigenvalue weighted by atomic mass is 9.91. The molecule has 1 aliphatic rings. The lowest BCUT2D eigenvalue weighted by Crippen LogP contribution is -2.26. The van der Waals surface area contributed by atoms with Gasteiger partial charge in [0.15, 0.2) is 11.6 Å². The maximum absolute atomic E-state index is 13.6. The average molecular weight is 509 g/mol. The van der Waals surface area contributed by atoms with Crippen LogP contribution in [-0.4, -0.2) is 42.4 Å². The Morgan fingerprint density at radius 3 is 2.56 bits per heavy atom. The van der Waals surface area contributed by atoms with E-state index < -0.39 is 23.0 Å². The van der Waals surface area contributed by atoms with Crippen molar-refractivity contribution in [3.05, 3.63) is 29.5 Å². The van der Waals surface area contributed by atoms with Gasteiger partial charge in [-0.1, -0.05) is 20.8 Å². The third kappa shape index (κ3) is 4.94. The number of hydrogen-bond donors (Lipinski definition) is 4. The molecule has 10 nitrogen and oxygen atoms in total. The molecule has 2 heterocycles. The Morgan fingerprint density at radius 1 is 1.32 bits per heavy atom. The van der Waals surface area contributed by atoms with Crippen LogP contribution in [0, 0.1) is 12.3 Å². The number of rotatable bonds is 7. The van der Waals surface area contributed by atoms with Crippen molar-refractivity contribution in [2.24, 2.45) is 4.76 Å². The maximum atomic E-state index is 13.6. The molecule has 1 aliphatic heterocycles. The highest BCUT2D eigenvalue weighted by atomic mass is 32.2. The summed E-state index contributed by atoms with van der Waals surface area (Å²) in [6.07, 6.45) is 7.43. The van der Waals surface area contributed by atoms with Crippen LogP contribution in [0.4, 0.5) is 11.4 Å². The van der Waals surface area contributed by atoms with Crippen molar-refractivity contribution in [2.45, 2.75) is 45.6 Å². The van der Waals surface area contributed by atoms with E-state index in [0.717, 1.165) is 6.26 Å². The molecule has 1 unspecified atom stereocenters. The van der Waals surface area contributed by atoms with Gasteiger partial charge in [0.05, 0.1) is 22.9 Å². The van der Waals surface area contributed by atoms with Crippen molar-refractivity contribution < 1.29 is 27.7 Å². The van der Waals surface area contributed by atoms with Gasteiger partial charge in [0, 0.05) is 31.2 Å². The molecule has 1 atom stereocenters. The summed E-state index contributed by atoms with van der Waals surface area (Å²) in [5, 5.41) is 25.4. The van der Waals surface area contributed by atoms with Crippen molar-refractivity contribution >= 4 is 40.1 Å². The number of benzene rings is 1. The Morgan fingerprint density at radius 2 is 2.00 bits per heavy atom. The molecule has 184 valence electrons. The van der Waals surface area contributed by atoms with Gasteiger partial charge in [-0.3, -0.25) is 9.29 Å². The van der Waals surface area contributed by atoms with E-state index in [1.807, 2.05) is 20.8 Å². The van der Waals surface area contributed by atoms with Crippen LogP contribution in [0.15, 0.2) is 23.0 Å². The molecular weight excluding hydrogens is 479 g/mol. The molecule has 0 saturated carbocycles. The van der Waals surface area contributed by atoms with E-state index in [-0.39, 0.29) is 34.0 Å². The Labute approximate surface area is 199 Å². The minimum absolute atomic E-state index is 0.00750. The molecule has 0 amide bonds. The van der Waals surface area contributed by atoms with Crippen LogP contribution in [0.3, 0.4) is 0 Å². The molecule has 2 aromatic rings. The number of terminal acetylenes is 1. The first kappa shape index (κ1) is 25.7. The van der Waals surface area contributed by atoms with Gasteiger partial charge in [-0.2, -0.15) is 4.76 Å². The standard InChI is InChI=1S/C22H29N4O6PS/c1-7-8-9-12-26-19(22(2,3)4)18(27)17(21(26)28)20-23-15-11-10-14(25-34(6,30)31)13-16(15)33(29,24-20)32-5/h1,10-11,13,25,27-28H,8-9,12H2,2-6H3,(H,23,24,29). The van der Waals surface area contributed by atoms with Gasteiger partial charge in [0.2, 0.25) is 15.9 Å². The number of aromatic hydroxyl groups is 2. The molecule has 3 rings (SSSR count). The lowest BCUT2D eigenvalue weighted by Gasteiger charge is -2.24. The van der Waals surface area contributed by atoms with Crippen molar-refractivity contribution in [1.29, 1.82) is 0 Å². The first-order chi connectivity index (χ1) is 15.7. The Kier molecular flexibility index (Phi) is 6.82. The van der Waals surface area contributed by atoms with Gasteiger partial charge < -0.3 is 24.6 Å². The van der Waals surface area contributed by atoms with Crippen molar-refractivity contribution in [3.8, 4) is 24.0 Å². The molecule has 0 saturated heterocycles. The summed E-state index contributed by atoms with van der Waals surface area (Å²) in [6.45, 7) is 6.04. The van der Waals surface area contributed by atoms with E-state index >= 15 is 0 Å². The maximum Gasteiger partial charge on any atom is 0.348 e. The highest BCUT2D eigenvalue weighted by Crippen LogP contribution is 2.53. The van der Waals surface area contributed by atoms with E-state index in [1.165, 1.54) is 25.3 Å². The highest BCUT2D eigenvalue weighted by molar-refractivity contribution is 7.92. The molecule has 1 aromatic heterocycles. The number of fused-ring (bicyclic) bond motifs is 1. The van der Waals surface area contributed by atoms with E-state index in [2.05, 4.69) is 20.7 Å². The molecule has 0 fully saturated rings. The summed E-state index contributed by atoms with van der Waals surface area (Å²) in [6, 6.07) is 4.38. The number of unbranched alkanes of at least 4 members (excludes halogenated alkanes) is 1. The molecule has 0 aliphatic carbocycles. The van der Waals surface area contributed by atoms with Crippen LogP contribution in [-0.2, 0) is 31.1 Å². The van der Waals surface area contributed by atoms with Crippen LogP contribution in [0.25, 0.3) is 0 Å². The largest absolute Gasteiger partial charge is 0.505 e. The lowest BCUT2D eigenvalue weighted by molar-refractivity contribution is 0.389. The first-order valence-electron chi connectivity index (χ1n) is 10.5. The van der Waals surface area contributed by atoms with Gasteiger partial charge in [-0.05, 0) is 24.6 Å². The second-order valence-corrected chi connectivity index (χ2v) is 12.8. The summed E-state index contributed by atoms with van der Waals surface area (Å²) in [5.74, 6) is 2.09. The topological polar surface area (TPSA) is 142 Å². The minimum Gasteiger partial charge on any atom is -0.505 e. The van der Waals surface area contributed by atoms with Gasteiger partial charge in [0.25, 0.3) is 0 Å². The summed E-state index contributed by atoms with van der Waals surface area (Å²) in [4.78, 5) is 0. The third-order valence-corrected chi connectivity index (χ3v) is 7.74. The van der Waals surface area contributed by atoms with Crippen LogP contribution in [0.2, 0.25) is 0 Å². The summed E-state index contributed by atoms with van der Waals surface area (Å²) in [7, 11) is -6.21. The monoisotopic (exact) mass is 508 g/mol. The SMILES string of the molecule is C#CCCCn1c(O)c(C2=NP(=O)(OC)c3cc(NS(C)(=O)=O)ccc3N2)c(O)c1C(C)(C)C. The number of aromatic nitrogens is 1. The van der Waals surface area contributed by atoms with Gasteiger partial charge in [-0.25, -0.2) is 8.42 Å². The zero-order valence-electron chi connectivity index (χ0n) is 19.7. The number of nitrogens with one attached hydrogen (secondary N) is 2. The van der Waals surface area contributed by atoms with Crippen molar-refractivity contribution in [3.63, 3.8) is 0 Å². The number of hydrogen-bond acceptors (Lipinski definition) is 7. The number of nitrogens with zero attached hydrogens (tertiary/aromatic N) is 2. The molecule has 0 spiro atoms. The van der Waals surface area contributed by atoms with E-state index in [4.69, 9.17) is 10.9 Å². The highest BCUT2D eigenvalue weighted by Gasteiger charge is 2.38. The summed E-state index contributed by atoms with van der Waals surface area (Å²) >= 11 is 0. The molecule has 12 heteroatoms. The van der Waals surface area contributed by atoms with Crippen molar-refractivity contribution in [2.75, 3.05) is 23.4 Å². The summed E-state index contributed by atoms with van der Waals surface area (Å²) < 4.78 is 50.2. The van der Waals surface area contributed by atoms with E-state index in [0.29, 0.717) is 30.8 Å². The van der Waals surface area contributed by atoms with Crippen LogP contribution in [0.1, 0.15) is 44.9 Å². The van der Waals surface area contributed by atoms with Crippen molar-refractivity contribution in [1.82, 2.24) is 4.57 Å². The normalized spacial score (nSPS) is 17.9. The molecule has 0 bridgehead atoms. The van der Waals surface area contributed by atoms with Crippen LogP contribution < -0.4 is 15.3 Å². The molecule has 34 heavy (non-hydrogen) atoms. The van der Waals surface area contributed by atoms with E-state index in [1.54, 1.807) is 4.57 Å². The van der Waals surface area contributed by atoms with Gasteiger partial charge >= 0.3 is 7.52 Å². The van der Waals surface area contributed by atoms with Crippen LogP contribution >= 0.6 is 7.52 Å². The second kappa shape index (κ2) is 9.02. The second-order valence-electron chi connectivity index (χ2n) is 8.99. The summed E-state index contributed by atoms with van der Waals surface area (Å²) in [5.41, 5.74) is 0.462. The Hall–Kier alpha value is -2.93. The Balaban J connectivity index is 2.16. The van der Waals surface area contributed by atoms with E-state index in [9.17, 15) is 23.2 Å². The predicted molar refractivity (Wildman–Crippen MR) is 134 cm³/mol. The first-order valence-corrected chi connectivity index (χ1v) is 13.9. The van der Waals surface area contributed by atoms with Crippen LogP contribution in [0.5, 0.6) is 11.6 Å². The smallest absolute Gasteiger partial charge is 0.348 e. The zero-order chi connectivity index (χ0) is 25.5. The zero-order valence-corrected chi connectivity index (χ0v) is 21.4. The molecular formula is C22H29N4O6PS. The fraction of sp³-hybridized carbons (Fsp3) is 0.409. The molecule has 1 aromatic carbocycles. The Bertz CT molecular complexity index is 1350. The number of amidine groups is 1. The van der Waals surface area contributed by atoms with Gasteiger partial charge in [0.1, 0.15) is 5.56 Å². The minimum atomic E-state index is -3.88. The predicted octanol–water partition coefficient (Wildman–Crippen LogP) is 3.32. The third-order valence-electron chi connectivity index (χ3n) is 5.20. The average Bonchev–Trinajstić information content (AvgIpc) is 2.97. The number of anilines is 2.